The standard InChI is InChI=1S/C50H50O20/c1-17-9-27-35(29-13-25(15-33(57)39(29)43(61)37(27)31(55)11-17)69-49-47(67-23(7)53)45(65-21(5)51)41(59)19(3)63-49)36-28-10-18(2)12-32(56)38(28)44(62)40-30(36)14-26(16-34(40)58)70-50-48(68-24(8)54)46(66-22(6)52)42(60)20(4)64-50/h9-16,19-20,35-36,41-42,45-50,55-60H,1-8H3/t19-,20-,35?,36?,41-,42-,45+,46+,47+,48+,49-,50-/m0/s1. The van der Waals surface area contributed by atoms with Crippen molar-refractivity contribution in [3.05, 3.63) is 104 Å². The number of benzene rings is 4. The van der Waals surface area contributed by atoms with E-state index in [1.54, 1.807) is 26.0 Å². The summed E-state index contributed by atoms with van der Waals surface area (Å²) >= 11 is 0. The van der Waals surface area contributed by atoms with Gasteiger partial charge in [-0.3, -0.25) is 28.8 Å². The van der Waals surface area contributed by atoms with Gasteiger partial charge in [0.25, 0.3) is 0 Å². The minimum Gasteiger partial charge on any atom is -0.507 e. The second-order valence-electron chi connectivity index (χ2n) is 17.9. The van der Waals surface area contributed by atoms with Gasteiger partial charge in [0.1, 0.15) is 46.7 Å². The molecule has 0 amide bonds. The highest BCUT2D eigenvalue weighted by atomic mass is 16.7. The van der Waals surface area contributed by atoms with Gasteiger partial charge in [-0.25, -0.2) is 0 Å². The third-order valence-corrected chi connectivity index (χ3v) is 12.6. The quantitative estimate of drug-likeness (QED) is 0.102. The van der Waals surface area contributed by atoms with Gasteiger partial charge in [-0.15, -0.1) is 0 Å². The first-order chi connectivity index (χ1) is 32.9. The number of phenolic OH excluding ortho intramolecular Hbond substituents is 4. The second kappa shape index (κ2) is 18.6. The molecule has 0 spiro atoms. The van der Waals surface area contributed by atoms with Gasteiger partial charge in [0.2, 0.25) is 36.4 Å². The van der Waals surface area contributed by atoms with Crippen molar-refractivity contribution in [2.75, 3.05) is 0 Å². The van der Waals surface area contributed by atoms with E-state index >= 15 is 0 Å². The Hall–Kier alpha value is -7.26. The minimum atomic E-state index is -1.60. The molecule has 2 saturated heterocycles. The number of aliphatic hydroxyl groups is 2. The molecule has 4 aromatic carbocycles. The molecule has 2 aliphatic heterocycles. The van der Waals surface area contributed by atoms with Crippen LogP contribution >= 0.6 is 0 Å². The fourth-order valence-corrected chi connectivity index (χ4v) is 9.96. The zero-order chi connectivity index (χ0) is 50.9. The van der Waals surface area contributed by atoms with Crippen LogP contribution < -0.4 is 9.47 Å². The molecule has 0 aromatic heterocycles. The third-order valence-electron chi connectivity index (χ3n) is 12.6. The number of carbonyl (C=O) groups excluding carboxylic acids is 6. The van der Waals surface area contributed by atoms with Crippen LogP contribution in [0.25, 0.3) is 0 Å². The van der Waals surface area contributed by atoms with Crippen molar-refractivity contribution >= 4 is 35.4 Å². The van der Waals surface area contributed by atoms with Gasteiger partial charge in [0, 0.05) is 51.7 Å². The molecule has 2 unspecified atom stereocenters. The molecule has 0 bridgehead atoms. The van der Waals surface area contributed by atoms with Gasteiger partial charge in [-0.1, -0.05) is 12.1 Å². The Bertz CT molecular complexity index is 2660. The number of hydrogen-bond donors (Lipinski definition) is 6. The van der Waals surface area contributed by atoms with E-state index in [2.05, 4.69) is 0 Å². The van der Waals surface area contributed by atoms with Crippen LogP contribution in [-0.2, 0) is 47.6 Å². The van der Waals surface area contributed by atoms with Crippen molar-refractivity contribution in [1.82, 2.24) is 0 Å². The maximum absolute atomic E-state index is 14.6. The maximum atomic E-state index is 14.6. The topological polar surface area (TPSA) is 298 Å². The molecule has 8 rings (SSSR count). The predicted octanol–water partition coefficient (Wildman–Crippen LogP) is 3.87. The van der Waals surface area contributed by atoms with Crippen LogP contribution in [0, 0.1) is 13.8 Å². The van der Waals surface area contributed by atoms with Gasteiger partial charge in [0.05, 0.1) is 34.5 Å². The van der Waals surface area contributed by atoms with Gasteiger partial charge >= 0.3 is 23.9 Å². The van der Waals surface area contributed by atoms with E-state index in [9.17, 15) is 59.4 Å². The van der Waals surface area contributed by atoms with Crippen LogP contribution in [0.2, 0.25) is 0 Å². The molecular weight excluding hydrogens is 921 g/mol. The highest BCUT2D eigenvalue weighted by Crippen LogP contribution is 2.57. The molecule has 2 aliphatic carbocycles. The number of aryl methyl sites for hydroxylation is 2. The van der Waals surface area contributed by atoms with Crippen molar-refractivity contribution in [2.45, 2.75) is 129 Å². The van der Waals surface area contributed by atoms with Gasteiger partial charge in [0.15, 0.2) is 12.2 Å². The SMILES string of the molecule is CC(=O)O[C@@H]1[C@@H](O)[C@H](C)O[C@@H](Oc2cc(O)c3c(c2)C(C2c4cc(C)cc(O)c4C(=O)c4c(O)cc(O[C@@H]5O[C@@H](C)[C@H](O)[C@@H](OC(C)=O)[C@H]5OC(C)=O)cc42)c2cc(C)cc(O)c2C3=O)[C@@H]1OC(C)=O. The number of aromatic hydroxyl groups is 4. The first kappa shape index (κ1) is 49.2. The molecule has 2 fully saturated rings. The molecule has 0 saturated carbocycles. The van der Waals surface area contributed by atoms with Crippen LogP contribution in [0.15, 0.2) is 48.5 Å². The predicted molar refractivity (Wildman–Crippen MR) is 237 cm³/mol. The number of phenols is 4. The smallest absolute Gasteiger partial charge is 0.303 e. The van der Waals surface area contributed by atoms with Crippen LogP contribution in [0.1, 0.15) is 119 Å². The largest absolute Gasteiger partial charge is 0.507 e. The summed E-state index contributed by atoms with van der Waals surface area (Å²) in [5, 5.41) is 68.9. The van der Waals surface area contributed by atoms with Gasteiger partial charge in [-0.05, 0) is 85.3 Å². The van der Waals surface area contributed by atoms with E-state index in [1.165, 1.54) is 38.1 Å². The van der Waals surface area contributed by atoms with E-state index in [-0.39, 0.29) is 56.0 Å². The highest BCUT2D eigenvalue weighted by molar-refractivity contribution is 6.18. The van der Waals surface area contributed by atoms with E-state index in [0.29, 0.717) is 11.1 Å². The lowest BCUT2D eigenvalue weighted by Crippen LogP contribution is -2.60. The number of aliphatic hydroxyl groups excluding tert-OH is 2. The van der Waals surface area contributed by atoms with Crippen molar-refractivity contribution in [3.63, 3.8) is 0 Å². The van der Waals surface area contributed by atoms with Crippen molar-refractivity contribution < 1.29 is 97.3 Å². The molecule has 2 heterocycles. The molecule has 12 atom stereocenters. The number of carbonyl (C=O) groups is 6. The van der Waals surface area contributed by atoms with Crippen LogP contribution in [0.5, 0.6) is 34.5 Å². The first-order valence-electron chi connectivity index (χ1n) is 22.1. The van der Waals surface area contributed by atoms with E-state index in [1.807, 2.05) is 0 Å². The number of hydrogen-bond acceptors (Lipinski definition) is 20. The molecule has 20 heteroatoms. The highest BCUT2D eigenvalue weighted by Gasteiger charge is 2.52. The average Bonchev–Trinajstić information content (AvgIpc) is 3.23. The number of ether oxygens (including phenoxy) is 8. The van der Waals surface area contributed by atoms with E-state index in [4.69, 9.17) is 37.9 Å². The van der Waals surface area contributed by atoms with Crippen molar-refractivity contribution in [3.8, 4) is 34.5 Å². The number of rotatable bonds is 9. The third kappa shape index (κ3) is 8.82. The summed E-state index contributed by atoms with van der Waals surface area (Å²) in [6.07, 6.45) is -14.4. The molecule has 6 N–H and O–H groups in total. The lowest BCUT2D eigenvalue weighted by atomic mass is 9.63. The summed E-state index contributed by atoms with van der Waals surface area (Å²) in [5.41, 5.74) is 0.280. The van der Waals surface area contributed by atoms with Gasteiger partial charge in [-0.2, -0.15) is 0 Å². The average molecular weight is 971 g/mol. The summed E-state index contributed by atoms with van der Waals surface area (Å²) in [5.74, 6) is -10.1. The fourth-order valence-electron chi connectivity index (χ4n) is 9.96. The number of ketones is 2. The minimum absolute atomic E-state index is 0.0302. The Kier molecular flexibility index (Phi) is 13.0. The van der Waals surface area contributed by atoms with Crippen LogP contribution in [0.4, 0.5) is 0 Å². The number of fused-ring (bicyclic) bond motifs is 4. The molecule has 370 valence electrons. The molecule has 20 nitrogen and oxygen atoms in total. The zero-order valence-electron chi connectivity index (χ0n) is 38.9. The Labute approximate surface area is 399 Å². The fraction of sp³-hybridized carbons (Fsp3) is 0.400. The van der Waals surface area contributed by atoms with Crippen molar-refractivity contribution in [2.24, 2.45) is 0 Å². The summed E-state index contributed by atoms with van der Waals surface area (Å²) in [6, 6.07) is 10.8. The first-order valence-corrected chi connectivity index (χ1v) is 22.1. The van der Waals surface area contributed by atoms with Crippen LogP contribution in [0.3, 0.4) is 0 Å². The molecule has 4 aliphatic rings. The van der Waals surface area contributed by atoms with E-state index < -0.39 is 132 Å². The Balaban J connectivity index is 1.34. The molecule has 0 radical (unpaired) electrons. The van der Waals surface area contributed by atoms with Crippen LogP contribution in [-0.4, -0.2) is 127 Å². The monoisotopic (exact) mass is 970 g/mol. The zero-order valence-corrected chi connectivity index (χ0v) is 38.9. The summed E-state index contributed by atoms with van der Waals surface area (Å²) in [4.78, 5) is 78.5. The Morgan fingerprint density at radius 2 is 0.743 bits per heavy atom. The lowest BCUT2D eigenvalue weighted by molar-refractivity contribution is -0.277. The lowest BCUT2D eigenvalue weighted by Gasteiger charge is -2.42. The number of esters is 4. The Morgan fingerprint density at radius 3 is 1.06 bits per heavy atom. The van der Waals surface area contributed by atoms with E-state index in [0.717, 1.165) is 39.8 Å². The molecular formula is C50H50O20. The summed E-state index contributed by atoms with van der Waals surface area (Å²) in [7, 11) is 0. The Morgan fingerprint density at radius 1 is 0.457 bits per heavy atom. The molecule has 4 aromatic rings. The van der Waals surface area contributed by atoms with Gasteiger partial charge < -0.3 is 68.5 Å². The molecule has 70 heavy (non-hydrogen) atoms. The van der Waals surface area contributed by atoms with Crippen molar-refractivity contribution in [1.29, 1.82) is 0 Å². The normalized spacial score (nSPS) is 27.7. The summed E-state index contributed by atoms with van der Waals surface area (Å²) < 4.78 is 46.1. The maximum Gasteiger partial charge on any atom is 0.303 e. The second-order valence-corrected chi connectivity index (χ2v) is 17.9. The summed E-state index contributed by atoms with van der Waals surface area (Å²) in [6.45, 7) is 10.5.